The van der Waals surface area contributed by atoms with E-state index in [0.717, 1.165) is 12.1 Å². The van der Waals surface area contributed by atoms with Crippen molar-refractivity contribution in [2.75, 3.05) is 25.4 Å². The Balaban J connectivity index is 1.60. The predicted molar refractivity (Wildman–Crippen MR) is 77.8 cm³/mol. The Labute approximate surface area is 111 Å². The molecule has 0 aliphatic carbocycles. The van der Waals surface area contributed by atoms with Gasteiger partial charge in [-0.05, 0) is 38.8 Å². The Bertz CT molecular complexity index is 237. The molecule has 0 saturated carbocycles. The number of hydrogen-bond donors (Lipinski definition) is 1. The van der Waals surface area contributed by atoms with Crippen molar-refractivity contribution in [2.24, 2.45) is 0 Å². The largest absolute Gasteiger partial charge is 0.313 e. The Morgan fingerprint density at radius 3 is 2.82 bits per heavy atom. The average Bonchev–Trinajstić information content (AvgIpc) is 2.70. The van der Waals surface area contributed by atoms with Crippen LogP contribution in [0.1, 0.15) is 46.5 Å². The van der Waals surface area contributed by atoms with Crippen molar-refractivity contribution in [1.29, 1.82) is 0 Å². The van der Waals surface area contributed by atoms with Gasteiger partial charge in [0.05, 0.1) is 0 Å². The van der Waals surface area contributed by atoms with Gasteiger partial charge in [0.1, 0.15) is 0 Å². The molecule has 2 atom stereocenters. The van der Waals surface area contributed by atoms with Crippen molar-refractivity contribution < 1.29 is 0 Å². The number of fused-ring (bicyclic) bond motifs is 1. The van der Waals surface area contributed by atoms with Crippen LogP contribution in [0.25, 0.3) is 0 Å². The summed E-state index contributed by atoms with van der Waals surface area (Å²) >= 11 is 2.07. The molecule has 0 aromatic heterocycles. The highest BCUT2D eigenvalue weighted by atomic mass is 32.2. The molecule has 2 nitrogen and oxygen atoms in total. The zero-order valence-corrected chi connectivity index (χ0v) is 12.5. The minimum atomic E-state index is 0.413. The van der Waals surface area contributed by atoms with Crippen LogP contribution in [0, 0.1) is 0 Å². The number of thioether (sulfide) groups is 1. The van der Waals surface area contributed by atoms with Crippen LogP contribution in [0.15, 0.2) is 0 Å². The molecular formula is C14H28N2S. The first-order chi connectivity index (χ1) is 8.04. The van der Waals surface area contributed by atoms with Crippen molar-refractivity contribution in [3.63, 3.8) is 0 Å². The van der Waals surface area contributed by atoms with Gasteiger partial charge in [0.2, 0.25) is 0 Å². The summed E-state index contributed by atoms with van der Waals surface area (Å²) in [6.07, 6.45) is 5.61. The molecule has 0 bridgehead atoms. The van der Waals surface area contributed by atoms with Gasteiger partial charge in [0.25, 0.3) is 0 Å². The highest BCUT2D eigenvalue weighted by molar-refractivity contribution is 8.00. The molecule has 0 spiro atoms. The lowest BCUT2D eigenvalue weighted by Gasteiger charge is -2.35. The lowest BCUT2D eigenvalue weighted by molar-refractivity contribution is 0.168. The Hall–Kier alpha value is 0.270. The Morgan fingerprint density at radius 1 is 1.24 bits per heavy atom. The highest BCUT2D eigenvalue weighted by Gasteiger charge is 2.31. The molecule has 2 fully saturated rings. The fourth-order valence-electron chi connectivity index (χ4n) is 3.03. The summed E-state index contributed by atoms with van der Waals surface area (Å²) < 4.78 is 0.413. The maximum absolute atomic E-state index is 3.76. The van der Waals surface area contributed by atoms with Crippen LogP contribution in [0.5, 0.6) is 0 Å². The molecule has 0 aromatic carbocycles. The van der Waals surface area contributed by atoms with Crippen LogP contribution in [0.3, 0.4) is 0 Å². The van der Waals surface area contributed by atoms with Crippen molar-refractivity contribution in [1.82, 2.24) is 10.2 Å². The molecule has 0 amide bonds. The highest BCUT2D eigenvalue weighted by Crippen LogP contribution is 2.27. The van der Waals surface area contributed by atoms with E-state index in [0.29, 0.717) is 4.75 Å². The van der Waals surface area contributed by atoms with Crippen LogP contribution in [0.2, 0.25) is 0 Å². The second kappa shape index (κ2) is 5.94. The molecule has 3 heteroatoms. The topological polar surface area (TPSA) is 15.3 Å². The summed E-state index contributed by atoms with van der Waals surface area (Å²) in [6.45, 7) is 10.8. The summed E-state index contributed by atoms with van der Waals surface area (Å²) in [6, 6.07) is 1.69. The van der Waals surface area contributed by atoms with E-state index in [4.69, 9.17) is 0 Å². The van der Waals surface area contributed by atoms with E-state index < -0.39 is 0 Å². The fourth-order valence-corrected chi connectivity index (χ4v) is 3.86. The monoisotopic (exact) mass is 256 g/mol. The quantitative estimate of drug-likeness (QED) is 0.779. The summed E-state index contributed by atoms with van der Waals surface area (Å²) in [7, 11) is 0. The van der Waals surface area contributed by atoms with Crippen molar-refractivity contribution >= 4 is 11.8 Å². The molecule has 2 saturated heterocycles. The third kappa shape index (κ3) is 4.46. The van der Waals surface area contributed by atoms with Gasteiger partial charge in [-0.2, -0.15) is 11.8 Å². The average molecular weight is 256 g/mol. The zero-order chi connectivity index (χ0) is 12.3. The van der Waals surface area contributed by atoms with Crippen LogP contribution in [0.4, 0.5) is 0 Å². The fraction of sp³-hybridized carbons (Fsp3) is 1.00. The zero-order valence-electron chi connectivity index (χ0n) is 11.7. The van der Waals surface area contributed by atoms with E-state index in [1.165, 1.54) is 51.1 Å². The van der Waals surface area contributed by atoms with E-state index in [1.807, 2.05) is 0 Å². The van der Waals surface area contributed by atoms with E-state index in [9.17, 15) is 0 Å². The van der Waals surface area contributed by atoms with Crippen LogP contribution in [-0.2, 0) is 0 Å². The van der Waals surface area contributed by atoms with E-state index in [2.05, 4.69) is 42.7 Å². The molecule has 2 rings (SSSR count). The third-order valence-corrected chi connectivity index (χ3v) is 5.16. The number of rotatable bonds is 4. The molecule has 0 radical (unpaired) electrons. The van der Waals surface area contributed by atoms with Gasteiger partial charge in [0, 0.05) is 29.1 Å². The third-order valence-electron chi connectivity index (χ3n) is 3.89. The molecule has 100 valence electrons. The molecule has 2 unspecified atom stereocenters. The number of piperidine rings is 1. The van der Waals surface area contributed by atoms with E-state index in [1.54, 1.807) is 0 Å². The second-order valence-electron chi connectivity index (χ2n) is 6.47. The maximum atomic E-state index is 3.76. The molecule has 17 heavy (non-hydrogen) atoms. The van der Waals surface area contributed by atoms with Crippen molar-refractivity contribution in [3.05, 3.63) is 0 Å². The lowest BCUT2D eigenvalue weighted by atomic mass is 9.98. The summed E-state index contributed by atoms with van der Waals surface area (Å²) in [5.41, 5.74) is 0. The van der Waals surface area contributed by atoms with Gasteiger partial charge in [-0.15, -0.1) is 0 Å². The van der Waals surface area contributed by atoms with Gasteiger partial charge in [0.15, 0.2) is 0 Å². The van der Waals surface area contributed by atoms with Gasteiger partial charge >= 0.3 is 0 Å². The van der Waals surface area contributed by atoms with E-state index in [-0.39, 0.29) is 0 Å². The molecule has 0 aromatic rings. The van der Waals surface area contributed by atoms with E-state index >= 15 is 0 Å². The molecule has 2 aliphatic heterocycles. The molecule has 1 N–H and O–H groups in total. The summed E-state index contributed by atoms with van der Waals surface area (Å²) in [5.74, 6) is 1.24. The first kappa shape index (κ1) is 13.7. The first-order valence-electron chi connectivity index (χ1n) is 7.16. The smallest absolute Gasteiger partial charge is 0.0111 e. The second-order valence-corrected chi connectivity index (χ2v) is 8.39. The maximum Gasteiger partial charge on any atom is 0.0111 e. The number of nitrogens with zero attached hydrogens (tertiary/aromatic N) is 1. The molecular weight excluding hydrogens is 228 g/mol. The van der Waals surface area contributed by atoms with Crippen molar-refractivity contribution in [3.8, 4) is 0 Å². The minimum Gasteiger partial charge on any atom is -0.313 e. The van der Waals surface area contributed by atoms with Crippen LogP contribution < -0.4 is 5.32 Å². The minimum absolute atomic E-state index is 0.413. The standard InChI is InChI=1S/C14H28N2S/c1-14(2,3)17-10-7-15-12-6-9-16-8-4-5-13(16)11-12/h12-13,15H,4-11H2,1-3H3. The SMILES string of the molecule is CC(C)(C)SCCNC1CCN2CCCC2C1. The summed E-state index contributed by atoms with van der Waals surface area (Å²) in [5, 5.41) is 3.76. The first-order valence-corrected chi connectivity index (χ1v) is 8.14. The lowest BCUT2D eigenvalue weighted by Crippen LogP contribution is -2.46. The van der Waals surface area contributed by atoms with Crippen LogP contribution in [-0.4, -0.2) is 47.1 Å². The Morgan fingerprint density at radius 2 is 2.06 bits per heavy atom. The van der Waals surface area contributed by atoms with Crippen LogP contribution >= 0.6 is 11.8 Å². The summed E-state index contributed by atoms with van der Waals surface area (Å²) in [4.78, 5) is 2.70. The van der Waals surface area contributed by atoms with Crippen molar-refractivity contribution in [2.45, 2.75) is 63.3 Å². The molecule has 2 heterocycles. The number of nitrogens with one attached hydrogen (secondary N) is 1. The normalized spacial score (nSPS) is 30.5. The predicted octanol–water partition coefficient (Wildman–Crippen LogP) is 2.73. The molecule has 2 aliphatic rings. The number of hydrogen-bond acceptors (Lipinski definition) is 3. The van der Waals surface area contributed by atoms with Gasteiger partial charge in [-0.3, -0.25) is 0 Å². The van der Waals surface area contributed by atoms with Gasteiger partial charge in [-0.1, -0.05) is 20.8 Å². The van der Waals surface area contributed by atoms with Gasteiger partial charge in [-0.25, -0.2) is 0 Å². The Kier molecular flexibility index (Phi) is 4.79. The van der Waals surface area contributed by atoms with Gasteiger partial charge < -0.3 is 10.2 Å².